The molecule has 0 aromatic heterocycles. The summed E-state index contributed by atoms with van der Waals surface area (Å²) in [6, 6.07) is 4.07. The van der Waals surface area contributed by atoms with E-state index in [0.29, 0.717) is 0 Å². The van der Waals surface area contributed by atoms with Crippen LogP contribution in [-0.4, -0.2) is 53.3 Å². The molecule has 2 heterocycles. The average molecular weight is 431 g/mol. The average Bonchev–Trinajstić information content (AvgIpc) is 3.28. The summed E-state index contributed by atoms with van der Waals surface area (Å²) in [4.78, 5) is 49.3. The Bertz CT molecular complexity index is 895. The number of esters is 2. The summed E-state index contributed by atoms with van der Waals surface area (Å²) in [6.07, 6.45) is 1.22. The van der Waals surface area contributed by atoms with Crippen LogP contribution in [0.5, 0.6) is 0 Å². The number of benzene rings is 1. The van der Waals surface area contributed by atoms with Gasteiger partial charge in [0.05, 0.1) is 41.5 Å². The molecule has 1 aromatic carbocycles. The van der Waals surface area contributed by atoms with E-state index in [2.05, 4.69) is 5.32 Å². The molecule has 0 spiro atoms. The Morgan fingerprint density at radius 1 is 0.871 bits per heavy atom. The second kappa shape index (κ2) is 8.89. The van der Waals surface area contributed by atoms with Gasteiger partial charge in [-0.25, -0.2) is 9.59 Å². The molecule has 0 radical (unpaired) electrons. The van der Waals surface area contributed by atoms with Crippen LogP contribution in [-0.2, 0) is 23.8 Å². The number of carboxylic acid groups (broad SMARTS) is 1. The highest BCUT2D eigenvalue weighted by atomic mass is 16.5. The number of fused-ring (bicyclic) bond motifs is 2. The van der Waals surface area contributed by atoms with Gasteiger partial charge in [-0.3, -0.25) is 9.59 Å². The maximum atomic E-state index is 12.9. The van der Waals surface area contributed by atoms with Crippen molar-refractivity contribution in [3.63, 3.8) is 0 Å². The maximum Gasteiger partial charge on any atom is 0.338 e. The topological polar surface area (TPSA) is 128 Å². The molecule has 9 nitrogen and oxygen atoms in total. The molecule has 1 aromatic rings. The number of aliphatic carboxylic acids is 1. The van der Waals surface area contributed by atoms with Crippen LogP contribution < -0.4 is 5.32 Å². The monoisotopic (exact) mass is 431 g/mol. The van der Waals surface area contributed by atoms with Crippen molar-refractivity contribution in [1.82, 2.24) is 0 Å². The highest BCUT2D eigenvalue weighted by Gasteiger charge is 2.53. The third-order valence-electron chi connectivity index (χ3n) is 4.84. The van der Waals surface area contributed by atoms with Crippen molar-refractivity contribution in [2.45, 2.75) is 52.1 Å². The number of rotatable bonds is 7. The molecule has 166 valence electrons. The largest absolute Gasteiger partial charge is 0.481 e. The highest BCUT2D eigenvalue weighted by molar-refractivity contribution is 6.01. The summed E-state index contributed by atoms with van der Waals surface area (Å²) < 4.78 is 15.9. The number of amides is 1. The summed E-state index contributed by atoms with van der Waals surface area (Å²) in [5.74, 6) is -5.01. The van der Waals surface area contributed by atoms with E-state index >= 15 is 0 Å². The Labute approximate surface area is 179 Å². The molecule has 2 bridgehead atoms. The molecular formula is C22H25NO8. The molecule has 1 fully saturated rings. The van der Waals surface area contributed by atoms with Gasteiger partial charge in [0.1, 0.15) is 5.92 Å². The second-order valence-electron chi connectivity index (χ2n) is 8.04. The third-order valence-corrected chi connectivity index (χ3v) is 4.84. The summed E-state index contributed by atoms with van der Waals surface area (Å²) in [5.41, 5.74) is 0.261. The van der Waals surface area contributed by atoms with Crippen molar-refractivity contribution in [2.75, 3.05) is 5.32 Å². The molecule has 2 aliphatic heterocycles. The molecule has 1 amide bonds. The van der Waals surface area contributed by atoms with E-state index in [-0.39, 0.29) is 29.0 Å². The lowest BCUT2D eigenvalue weighted by Crippen LogP contribution is -2.39. The minimum absolute atomic E-state index is 0.0566. The van der Waals surface area contributed by atoms with Crippen LogP contribution in [0.1, 0.15) is 48.4 Å². The van der Waals surface area contributed by atoms with Gasteiger partial charge in [0.25, 0.3) is 0 Å². The number of ether oxygens (including phenoxy) is 3. The smallest absolute Gasteiger partial charge is 0.338 e. The van der Waals surface area contributed by atoms with Gasteiger partial charge in [-0.15, -0.1) is 0 Å². The quantitative estimate of drug-likeness (QED) is 0.498. The van der Waals surface area contributed by atoms with Crippen LogP contribution in [0.15, 0.2) is 30.4 Å². The first-order valence-electron chi connectivity index (χ1n) is 10.0. The van der Waals surface area contributed by atoms with Crippen LogP contribution >= 0.6 is 0 Å². The van der Waals surface area contributed by atoms with Gasteiger partial charge in [-0.1, -0.05) is 12.2 Å². The Balaban J connectivity index is 1.89. The zero-order chi connectivity index (χ0) is 22.9. The zero-order valence-electron chi connectivity index (χ0n) is 17.7. The summed E-state index contributed by atoms with van der Waals surface area (Å²) in [6.45, 7) is 6.75. The van der Waals surface area contributed by atoms with E-state index in [1.807, 2.05) is 0 Å². The van der Waals surface area contributed by atoms with E-state index in [0.717, 1.165) is 0 Å². The second-order valence-corrected chi connectivity index (χ2v) is 8.04. The highest BCUT2D eigenvalue weighted by Crippen LogP contribution is 2.40. The Morgan fingerprint density at radius 2 is 1.35 bits per heavy atom. The fourth-order valence-corrected chi connectivity index (χ4v) is 3.64. The molecule has 0 aliphatic carbocycles. The van der Waals surface area contributed by atoms with E-state index < -0.39 is 47.9 Å². The fraction of sp³-hybridized carbons (Fsp3) is 0.455. The summed E-state index contributed by atoms with van der Waals surface area (Å²) >= 11 is 0. The number of anilines is 1. The first-order chi connectivity index (χ1) is 14.6. The number of carboxylic acids is 1. The van der Waals surface area contributed by atoms with E-state index in [4.69, 9.17) is 14.2 Å². The number of carbonyl (C=O) groups excluding carboxylic acids is 3. The first kappa shape index (κ1) is 22.5. The van der Waals surface area contributed by atoms with Gasteiger partial charge in [0.15, 0.2) is 0 Å². The van der Waals surface area contributed by atoms with Gasteiger partial charge in [0.2, 0.25) is 5.91 Å². The van der Waals surface area contributed by atoms with Crippen molar-refractivity contribution < 1.29 is 38.5 Å². The number of hydrogen-bond donors (Lipinski definition) is 2. The zero-order valence-corrected chi connectivity index (χ0v) is 17.7. The fourth-order valence-electron chi connectivity index (χ4n) is 3.64. The van der Waals surface area contributed by atoms with Crippen molar-refractivity contribution in [3.05, 3.63) is 41.5 Å². The van der Waals surface area contributed by atoms with Crippen LogP contribution in [0.4, 0.5) is 5.69 Å². The summed E-state index contributed by atoms with van der Waals surface area (Å²) in [5, 5.41) is 12.1. The first-order valence-corrected chi connectivity index (χ1v) is 10.0. The maximum absolute atomic E-state index is 12.9. The van der Waals surface area contributed by atoms with Crippen LogP contribution in [0, 0.1) is 11.8 Å². The molecule has 4 unspecified atom stereocenters. The Kier molecular flexibility index (Phi) is 6.45. The van der Waals surface area contributed by atoms with Crippen LogP contribution in [0.3, 0.4) is 0 Å². The predicted molar refractivity (Wildman–Crippen MR) is 109 cm³/mol. The molecular weight excluding hydrogens is 406 g/mol. The van der Waals surface area contributed by atoms with E-state index in [1.165, 1.54) is 18.2 Å². The molecule has 31 heavy (non-hydrogen) atoms. The van der Waals surface area contributed by atoms with Gasteiger partial charge in [-0.2, -0.15) is 0 Å². The molecule has 4 atom stereocenters. The molecule has 0 saturated carbocycles. The molecule has 1 saturated heterocycles. The third kappa shape index (κ3) is 4.93. The van der Waals surface area contributed by atoms with Crippen LogP contribution in [0.25, 0.3) is 0 Å². The summed E-state index contributed by atoms with van der Waals surface area (Å²) in [7, 11) is 0. The minimum atomic E-state index is -1.13. The molecule has 2 N–H and O–H groups in total. The standard InChI is InChI=1S/C22H25NO8/c1-10(2)29-21(27)12-7-13(22(28)30-11(3)4)9-14(8-12)23-19(24)17-15-5-6-16(31-15)18(17)20(25)26/h5-11,15-18H,1-4H3,(H,23,24)(H,25,26). The van der Waals surface area contributed by atoms with Crippen molar-refractivity contribution in [3.8, 4) is 0 Å². The van der Waals surface area contributed by atoms with Crippen molar-refractivity contribution >= 4 is 29.5 Å². The van der Waals surface area contributed by atoms with Gasteiger partial charge >= 0.3 is 17.9 Å². The molecule has 2 aliphatic rings. The van der Waals surface area contributed by atoms with Gasteiger partial charge in [-0.05, 0) is 45.9 Å². The predicted octanol–water partition coefficient (Wildman–Crippen LogP) is 2.41. The Morgan fingerprint density at radius 3 is 1.81 bits per heavy atom. The van der Waals surface area contributed by atoms with Crippen molar-refractivity contribution in [2.24, 2.45) is 11.8 Å². The van der Waals surface area contributed by atoms with Gasteiger partial charge in [0, 0.05) is 5.69 Å². The SMILES string of the molecule is CC(C)OC(=O)c1cc(NC(=O)C2C3C=CC(O3)C2C(=O)O)cc(C(=O)OC(C)C)c1. The van der Waals surface area contributed by atoms with Crippen LogP contribution in [0.2, 0.25) is 0 Å². The molecule has 3 rings (SSSR count). The lowest BCUT2D eigenvalue weighted by Gasteiger charge is -2.21. The van der Waals surface area contributed by atoms with E-state index in [1.54, 1.807) is 39.8 Å². The number of hydrogen-bond acceptors (Lipinski definition) is 7. The normalized spacial score (nSPS) is 23.8. The Hall–Kier alpha value is -3.20. The van der Waals surface area contributed by atoms with Crippen molar-refractivity contribution in [1.29, 1.82) is 0 Å². The van der Waals surface area contributed by atoms with E-state index in [9.17, 15) is 24.3 Å². The number of carbonyl (C=O) groups is 4. The van der Waals surface area contributed by atoms with Gasteiger partial charge < -0.3 is 24.6 Å². The minimum Gasteiger partial charge on any atom is -0.481 e. The number of nitrogens with one attached hydrogen (secondary N) is 1. The lowest BCUT2D eigenvalue weighted by atomic mass is 9.82. The lowest BCUT2D eigenvalue weighted by molar-refractivity contribution is -0.145. The molecule has 9 heteroatoms.